The molecule has 37 heteroatoms. The monoisotopic (exact) mass is 1440 g/mol. The van der Waals surface area contributed by atoms with Gasteiger partial charge in [-0.25, -0.2) is 47.9 Å². The molecule has 560 valence electrons. The van der Waals surface area contributed by atoms with E-state index in [2.05, 4.69) is 26.3 Å². The molecule has 2 aliphatic rings. The van der Waals surface area contributed by atoms with Gasteiger partial charge in [-0.05, 0) is 25.7 Å². The number of aliphatic hydroxyl groups excluding tert-OH is 2. The molecule has 0 spiro atoms. The van der Waals surface area contributed by atoms with E-state index in [4.69, 9.17) is 71.1 Å². The summed E-state index contributed by atoms with van der Waals surface area (Å²) in [4.78, 5) is 205. The van der Waals surface area contributed by atoms with Gasteiger partial charge in [0.05, 0.1) is 73.8 Å². The number of carboxylic acids is 2. The van der Waals surface area contributed by atoms with E-state index in [0.717, 1.165) is 0 Å². The topological polar surface area (TPSA) is 499 Å². The molecule has 0 radical (unpaired) electrons. The highest BCUT2D eigenvalue weighted by Crippen LogP contribution is 2.30. The van der Waals surface area contributed by atoms with E-state index in [0.29, 0.717) is 24.3 Å². The van der Waals surface area contributed by atoms with Crippen LogP contribution in [0, 0.1) is 34.5 Å². The number of hydrogen-bond acceptors (Lipinski definition) is 35. The summed E-state index contributed by atoms with van der Waals surface area (Å²) >= 11 is 0. The maximum Gasteiger partial charge on any atom is 0.344 e. The number of carbonyl (C=O) groups is 16. The Morgan fingerprint density at radius 2 is 0.594 bits per heavy atom. The van der Waals surface area contributed by atoms with E-state index in [1.165, 1.54) is 9.80 Å². The van der Waals surface area contributed by atoms with Crippen LogP contribution in [-0.2, 0) is 148 Å². The molecule has 4 N–H and O–H groups in total. The molecule has 4 unspecified atom stereocenters. The highest BCUT2D eigenvalue weighted by molar-refractivity contribution is 5.86. The summed E-state index contributed by atoms with van der Waals surface area (Å²) in [7, 11) is 0. The lowest BCUT2D eigenvalue weighted by molar-refractivity contribution is -0.184. The minimum atomic E-state index is -2.24. The number of rotatable bonds is 52. The molecule has 0 saturated heterocycles. The van der Waals surface area contributed by atoms with E-state index >= 15 is 0 Å². The first kappa shape index (κ1) is 86.8. The largest absolute Gasteiger partial charge is 0.481 e. The third-order valence-corrected chi connectivity index (χ3v) is 14.3. The van der Waals surface area contributed by atoms with Gasteiger partial charge in [0.15, 0.2) is 39.6 Å². The first-order valence-electron chi connectivity index (χ1n) is 30.9. The zero-order valence-corrected chi connectivity index (χ0v) is 55.3. The standard InChI is InChI=1S/C64H84N2O35/c1-5-47(69)90-29-53(75)96-37-63(38-97-54(76)30-91-48(70)6-2,39-98-55(77)31-92-49(71)7-3)35-87-36-64(40-99-56(78)32-93-50(72)8-4,41-100-57(79)33-94-51(73)17-19-65(21-25-67)23-27-88-61(85)45-15-11-9-13-43(45)59(81)82)42-101-58(80)34-95-52(74)18-20-66(22-26-68)24-28-89-62(86)46-16-12-10-14-44(46)60(83)84/h5-12,43-46,67-68H,1-4,13-42H2,(H,81,82)(H,83,84). The zero-order chi connectivity index (χ0) is 75.2. The number of nitrogens with zero attached hydrogens (tertiary/aromatic N) is 2. The zero-order valence-electron chi connectivity index (χ0n) is 55.3. The lowest BCUT2D eigenvalue weighted by atomic mass is 9.83. The summed E-state index contributed by atoms with van der Waals surface area (Å²) in [5.74, 6) is -22.1. The summed E-state index contributed by atoms with van der Waals surface area (Å²) in [6.45, 7) is -3.85. The molecule has 0 fully saturated rings. The minimum absolute atomic E-state index is 0.0398. The Kier molecular flexibility index (Phi) is 41.7. The Morgan fingerprint density at radius 1 is 0.337 bits per heavy atom. The van der Waals surface area contributed by atoms with Gasteiger partial charge in [-0.1, -0.05) is 50.6 Å². The van der Waals surface area contributed by atoms with E-state index in [1.807, 2.05) is 0 Å². The van der Waals surface area contributed by atoms with Gasteiger partial charge in [-0.3, -0.25) is 38.6 Å². The van der Waals surface area contributed by atoms with Crippen LogP contribution >= 0.6 is 0 Å². The molecule has 0 amide bonds. The number of esters is 14. The van der Waals surface area contributed by atoms with Gasteiger partial charge >= 0.3 is 95.5 Å². The molecule has 0 heterocycles. The van der Waals surface area contributed by atoms with Crippen molar-refractivity contribution in [3.63, 3.8) is 0 Å². The quantitative estimate of drug-likeness (QED) is 0.0222. The van der Waals surface area contributed by atoms with Crippen LogP contribution in [-0.4, -0.2) is 284 Å². The third kappa shape index (κ3) is 36.4. The molecule has 0 aromatic carbocycles. The fourth-order valence-corrected chi connectivity index (χ4v) is 8.73. The van der Waals surface area contributed by atoms with Crippen molar-refractivity contribution in [1.29, 1.82) is 0 Å². The van der Waals surface area contributed by atoms with Crippen molar-refractivity contribution in [3.8, 4) is 0 Å². The van der Waals surface area contributed by atoms with E-state index in [-0.39, 0.29) is 78.2 Å². The van der Waals surface area contributed by atoms with Crippen LogP contribution in [0.4, 0.5) is 0 Å². The maximum atomic E-state index is 13.5. The first-order valence-corrected chi connectivity index (χ1v) is 30.9. The van der Waals surface area contributed by atoms with Gasteiger partial charge in [0.2, 0.25) is 0 Å². The number of aliphatic hydroxyl groups is 2. The van der Waals surface area contributed by atoms with Crippen molar-refractivity contribution in [2.75, 3.05) is 158 Å². The van der Waals surface area contributed by atoms with Crippen LogP contribution in [0.25, 0.3) is 0 Å². The number of hydrogen-bond donors (Lipinski definition) is 4. The Bertz CT molecular complexity index is 2750. The molecular weight excluding hydrogens is 1360 g/mol. The minimum Gasteiger partial charge on any atom is -0.481 e. The molecule has 0 saturated carbocycles. The average molecular weight is 1440 g/mol. The fourth-order valence-electron chi connectivity index (χ4n) is 8.73. The lowest BCUT2D eigenvalue weighted by Crippen LogP contribution is -2.48. The highest BCUT2D eigenvalue weighted by atomic mass is 16.6. The van der Waals surface area contributed by atoms with Gasteiger partial charge in [0, 0.05) is 63.6 Å². The Hall–Kier alpha value is -10.2. The number of ether oxygens (including phenoxy) is 15. The van der Waals surface area contributed by atoms with Crippen molar-refractivity contribution in [1.82, 2.24) is 9.80 Å². The highest BCUT2D eigenvalue weighted by Gasteiger charge is 2.42. The number of carboxylic acid groups (broad SMARTS) is 2. The summed E-state index contributed by atoms with van der Waals surface area (Å²) in [6.07, 6.45) is 9.02. The molecule has 0 bridgehead atoms. The molecule has 37 nitrogen and oxygen atoms in total. The van der Waals surface area contributed by atoms with Crippen LogP contribution in [0.1, 0.15) is 38.5 Å². The van der Waals surface area contributed by atoms with Crippen LogP contribution in [0.2, 0.25) is 0 Å². The van der Waals surface area contributed by atoms with Crippen molar-refractivity contribution < 1.29 is 168 Å². The molecule has 2 rings (SSSR count). The average Bonchev–Trinajstić information content (AvgIpc) is 0.905. The smallest absolute Gasteiger partial charge is 0.344 e. The van der Waals surface area contributed by atoms with Crippen molar-refractivity contribution in [3.05, 3.63) is 74.9 Å². The molecule has 101 heavy (non-hydrogen) atoms. The predicted molar refractivity (Wildman–Crippen MR) is 332 cm³/mol. The fraction of sp³-hybridized carbons (Fsp3) is 0.562. The third-order valence-electron chi connectivity index (χ3n) is 14.3. The molecule has 4 atom stereocenters. The Balaban J connectivity index is 2.55. The number of aliphatic carboxylic acids is 2. The molecule has 2 aliphatic carbocycles. The summed E-state index contributed by atoms with van der Waals surface area (Å²) in [6, 6.07) is 0. The molecular formula is C64H84N2O35. The second-order valence-electron chi connectivity index (χ2n) is 22.0. The molecule has 0 aliphatic heterocycles. The maximum absolute atomic E-state index is 13.5. The van der Waals surface area contributed by atoms with Crippen LogP contribution < -0.4 is 0 Å². The normalized spacial score (nSPS) is 15.8. The first-order chi connectivity index (χ1) is 48.2. The van der Waals surface area contributed by atoms with Crippen LogP contribution in [0.5, 0.6) is 0 Å². The molecule has 0 aromatic rings. The van der Waals surface area contributed by atoms with E-state index < -0.39 is 249 Å². The van der Waals surface area contributed by atoms with Crippen molar-refractivity contribution in [2.24, 2.45) is 34.5 Å². The van der Waals surface area contributed by atoms with Gasteiger partial charge < -0.3 is 91.5 Å². The summed E-state index contributed by atoms with van der Waals surface area (Å²) < 4.78 is 78.1. The second kappa shape index (κ2) is 48.5. The van der Waals surface area contributed by atoms with Gasteiger partial charge in [0.1, 0.15) is 52.9 Å². The van der Waals surface area contributed by atoms with Crippen molar-refractivity contribution in [2.45, 2.75) is 38.5 Å². The Labute approximate surface area is 578 Å². The summed E-state index contributed by atoms with van der Waals surface area (Å²) in [5, 5.41) is 38.5. The van der Waals surface area contributed by atoms with Crippen molar-refractivity contribution >= 4 is 95.5 Å². The van der Waals surface area contributed by atoms with Gasteiger partial charge in [0.25, 0.3) is 0 Å². The van der Waals surface area contributed by atoms with E-state index in [9.17, 15) is 97.1 Å². The van der Waals surface area contributed by atoms with Crippen LogP contribution in [0.15, 0.2) is 74.9 Å². The SMILES string of the molecule is C=CC(=O)OCC(=O)OCC(COCC(COC(=O)COC(=O)C=C)(COC(=O)COC(=O)CCN(CCO)CCOC(=O)C1CC=CCC1C(=O)O)COC(=O)COC(=O)CCN(CCO)CCOC(=O)C1CC=CCC1C(=O)O)(COC(=O)COC(=O)C=C)COC(=O)COC(=O)C=C. The van der Waals surface area contributed by atoms with Gasteiger partial charge in [-0.15, -0.1) is 0 Å². The number of carbonyl (C=O) groups excluding carboxylic acids is 14. The van der Waals surface area contributed by atoms with E-state index in [1.54, 1.807) is 24.3 Å². The number of allylic oxidation sites excluding steroid dienone is 4. The second-order valence-corrected chi connectivity index (χ2v) is 22.0. The molecule has 0 aromatic heterocycles. The van der Waals surface area contributed by atoms with Crippen LogP contribution in [0.3, 0.4) is 0 Å². The predicted octanol–water partition coefficient (Wildman–Crippen LogP) is -1.97. The van der Waals surface area contributed by atoms with Gasteiger partial charge in [-0.2, -0.15) is 0 Å². The Morgan fingerprint density at radius 3 is 0.842 bits per heavy atom. The summed E-state index contributed by atoms with van der Waals surface area (Å²) in [5.41, 5.74) is -4.41. The lowest BCUT2D eigenvalue weighted by Gasteiger charge is -2.35.